The average molecular weight is 1430 g/mol. The van der Waals surface area contributed by atoms with E-state index in [1.807, 2.05) is 102 Å². The first-order valence-corrected chi connectivity index (χ1v) is 37.0. The van der Waals surface area contributed by atoms with Crippen molar-refractivity contribution in [1.29, 1.82) is 0 Å². The van der Waals surface area contributed by atoms with Gasteiger partial charge in [0.25, 0.3) is 0 Å². The Labute approximate surface area is 598 Å². The molecule has 1 atom stereocenters. The van der Waals surface area contributed by atoms with E-state index in [0.29, 0.717) is 36.2 Å². The summed E-state index contributed by atoms with van der Waals surface area (Å²) in [5, 5.41) is 76.2. The van der Waals surface area contributed by atoms with Crippen LogP contribution in [-0.2, 0) is 4.79 Å². The fourth-order valence-electron chi connectivity index (χ4n) is 12.3. The summed E-state index contributed by atoms with van der Waals surface area (Å²) < 4.78 is 4.07. The Bertz CT molecular complexity index is 5580. The van der Waals surface area contributed by atoms with Gasteiger partial charge in [-0.3, -0.25) is 20.4 Å². The van der Waals surface area contributed by atoms with Crippen molar-refractivity contribution in [1.82, 2.24) is 80.7 Å². The number of carboxylic acids is 1. The Morgan fingerprint density at radius 1 is 0.461 bits per heavy atom. The van der Waals surface area contributed by atoms with E-state index in [9.17, 15) is 9.90 Å². The molecule has 514 valence electrons. The summed E-state index contributed by atoms with van der Waals surface area (Å²) in [6, 6.07) is 31.7. The van der Waals surface area contributed by atoms with Gasteiger partial charge in [0.15, 0.2) is 23.3 Å². The lowest BCUT2D eigenvalue weighted by Gasteiger charge is -2.21. The number of rotatable bonds is 21. The lowest BCUT2D eigenvalue weighted by molar-refractivity contribution is -0.137. The summed E-state index contributed by atoms with van der Waals surface area (Å²) in [5.41, 5.74) is 11.4. The molecule has 2 aliphatic rings. The zero-order valence-corrected chi connectivity index (χ0v) is 58.3. The van der Waals surface area contributed by atoms with Crippen LogP contribution in [-0.4, -0.2) is 117 Å². The Morgan fingerprint density at radius 2 is 0.833 bits per heavy atom. The van der Waals surface area contributed by atoms with Crippen LogP contribution in [0.15, 0.2) is 169 Å². The highest BCUT2D eigenvalue weighted by Gasteiger charge is 2.22. The summed E-state index contributed by atoms with van der Waals surface area (Å²) in [5.74, 6) is 5.12. The number of aliphatic carboxylic acids is 1. The molecule has 18 rings (SSSR count). The van der Waals surface area contributed by atoms with Crippen molar-refractivity contribution in [3.05, 3.63) is 169 Å². The highest BCUT2D eigenvalue weighted by molar-refractivity contribution is 7.18. The van der Waals surface area contributed by atoms with E-state index in [1.165, 1.54) is 69.1 Å². The van der Waals surface area contributed by atoms with Gasteiger partial charge in [-0.15, -0.1) is 58.5 Å². The third-order valence-corrected chi connectivity index (χ3v) is 21.0. The number of fused-ring (bicyclic) bond motifs is 8. The molecule has 0 amide bonds. The minimum Gasteiger partial charge on any atom is -0.480 e. The average Bonchev–Trinajstić information content (AvgIpc) is 1.58. The highest BCUT2D eigenvalue weighted by atomic mass is 32.1. The zero-order valence-electron chi connectivity index (χ0n) is 55.0. The number of carbonyl (C=O) groups is 1. The van der Waals surface area contributed by atoms with Crippen molar-refractivity contribution in [2.24, 2.45) is 5.92 Å². The Kier molecular flexibility index (Phi) is 20.0. The molecule has 0 aliphatic heterocycles. The maximum atomic E-state index is 11.4. The fourth-order valence-corrected chi connectivity index (χ4v) is 15.4. The van der Waals surface area contributed by atoms with Crippen LogP contribution in [0.25, 0.3) is 84.5 Å². The van der Waals surface area contributed by atoms with E-state index in [4.69, 9.17) is 15.0 Å². The summed E-state index contributed by atoms with van der Waals surface area (Å²) in [6.45, 7) is 8.87. The second kappa shape index (κ2) is 30.8. The molecule has 2 aliphatic carbocycles. The molecule has 2 saturated carbocycles. The first-order valence-electron chi connectivity index (χ1n) is 33.4. The Balaban J connectivity index is 0.000000110. The van der Waals surface area contributed by atoms with Crippen LogP contribution < -0.4 is 42.5 Å². The molecular formula is C72H70N24O2S4. The van der Waals surface area contributed by atoms with E-state index in [1.54, 1.807) is 58.6 Å². The monoisotopic (exact) mass is 1430 g/mol. The second-order valence-corrected chi connectivity index (χ2v) is 28.2. The number of thiophene rings is 4. The molecule has 0 spiro atoms. The van der Waals surface area contributed by atoms with Crippen LogP contribution in [0.1, 0.15) is 64.2 Å². The first kappa shape index (κ1) is 66.2. The maximum Gasteiger partial charge on any atom is 0.326 e. The van der Waals surface area contributed by atoms with Gasteiger partial charge in [0.05, 0.1) is 87.7 Å². The third-order valence-electron chi connectivity index (χ3n) is 17.4. The maximum absolute atomic E-state index is 11.4. The lowest BCUT2D eigenvalue weighted by atomic mass is 9.89. The number of H-pyrrole nitrogens is 4. The van der Waals surface area contributed by atoms with Crippen LogP contribution in [0.4, 0.5) is 69.8 Å². The Hall–Kier alpha value is -11.7. The van der Waals surface area contributed by atoms with Gasteiger partial charge >= 0.3 is 5.97 Å². The molecule has 12 aromatic heterocycles. The van der Waals surface area contributed by atoms with Crippen LogP contribution in [0, 0.1) is 5.92 Å². The van der Waals surface area contributed by atoms with Gasteiger partial charge in [-0.2, -0.15) is 40.3 Å². The van der Waals surface area contributed by atoms with Crippen LogP contribution in [0.3, 0.4) is 0 Å². The molecule has 0 bridgehead atoms. The predicted molar refractivity (Wildman–Crippen MR) is 417 cm³/mol. The second-order valence-electron chi connectivity index (χ2n) is 24.6. The van der Waals surface area contributed by atoms with Gasteiger partial charge in [-0.05, 0) is 157 Å². The minimum atomic E-state index is -0.983. The summed E-state index contributed by atoms with van der Waals surface area (Å²) in [7, 11) is 0. The van der Waals surface area contributed by atoms with Gasteiger partial charge in [0.2, 0.25) is 23.8 Å². The summed E-state index contributed by atoms with van der Waals surface area (Å²) in [6.07, 6.45) is 22.5. The quantitative estimate of drug-likeness (QED) is 0.0297. The number of hydrogen-bond acceptors (Lipinski definition) is 25. The topological polar surface area (TPSA) is 351 Å². The number of aromatic amines is 4. The van der Waals surface area contributed by atoms with E-state index < -0.39 is 12.0 Å². The third kappa shape index (κ3) is 15.6. The van der Waals surface area contributed by atoms with Gasteiger partial charge in [-0.1, -0.05) is 44.3 Å². The predicted octanol–water partition coefficient (Wildman–Crippen LogP) is 17.6. The summed E-state index contributed by atoms with van der Waals surface area (Å²) >= 11 is 6.45. The number of nitrogens with zero attached hydrogens (tertiary/aromatic N) is 12. The number of anilines is 12. The van der Waals surface area contributed by atoms with Crippen LogP contribution >= 0.6 is 45.3 Å². The molecule has 26 nitrogen and oxygen atoms in total. The van der Waals surface area contributed by atoms with E-state index in [0.717, 1.165) is 137 Å². The molecule has 13 N–H and O–H groups in total. The van der Waals surface area contributed by atoms with Crippen molar-refractivity contribution in [2.45, 2.75) is 76.3 Å². The number of benzene rings is 4. The number of aromatic nitrogens is 16. The molecule has 16 aromatic rings. The number of nitrogens with one attached hydrogen (secondary N) is 12. The van der Waals surface area contributed by atoms with Gasteiger partial charge in [-0.25, -0.2) is 24.7 Å². The van der Waals surface area contributed by atoms with Crippen molar-refractivity contribution in [3.63, 3.8) is 0 Å². The molecule has 4 aromatic carbocycles. The zero-order chi connectivity index (χ0) is 69.1. The molecule has 12 heterocycles. The van der Waals surface area contributed by atoms with Crippen LogP contribution in [0.5, 0.6) is 0 Å². The number of carboxylic acid groups (broad SMARTS) is 1. The van der Waals surface area contributed by atoms with E-state index >= 15 is 0 Å². The molecule has 0 radical (unpaired) electrons. The fraction of sp³-hybridized carbons (Fsp3) is 0.208. The highest BCUT2D eigenvalue weighted by Crippen LogP contribution is 2.36. The molecule has 102 heavy (non-hydrogen) atoms. The minimum absolute atomic E-state index is 0.252. The van der Waals surface area contributed by atoms with Crippen molar-refractivity contribution in [2.75, 3.05) is 55.6 Å². The first-order chi connectivity index (χ1) is 50.2. The van der Waals surface area contributed by atoms with E-state index in [2.05, 4.69) is 150 Å². The molecule has 1 unspecified atom stereocenters. The van der Waals surface area contributed by atoms with Crippen molar-refractivity contribution in [3.8, 4) is 0 Å². The van der Waals surface area contributed by atoms with E-state index in [-0.39, 0.29) is 12.4 Å². The number of hydrogen-bond donors (Lipinski definition) is 13. The molecular weight excluding hydrogens is 1360 g/mol. The van der Waals surface area contributed by atoms with Gasteiger partial charge in [0, 0.05) is 63.4 Å². The van der Waals surface area contributed by atoms with Gasteiger partial charge in [0.1, 0.15) is 6.04 Å². The molecule has 0 saturated heterocycles. The van der Waals surface area contributed by atoms with Gasteiger partial charge < -0.3 is 47.6 Å². The molecule has 2 fully saturated rings. The summed E-state index contributed by atoms with van der Waals surface area (Å²) in [4.78, 5) is 48.3. The normalized spacial score (nSPS) is 13.5. The lowest BCUT2D eigenvalue weighted by Crippen LogP contribution is -2.29. The van der Waals surface area contributed by atoms with Crippen molar-refractivity contribution < 1.29 is 9.90 Å². The Morgan fingerprint density at radius 3 is 1.24 bits per heavy atom. The SMILES string of the molecule is C=CCC(Nc1nc(Nc2ccc3[nH]ncc3c2)c2sccc2n1)C(=O)O.C=CCNc1nc(Nc2ccc3[nH]ncc3c2)c2sccc2n1.c1cc2nc(NC3CCCC3)nc(Nc3ccc4[nH]ncc4c3)c2s1.c1cc2nc(NCC3CCCCC3)nc(Nc3ccc4[nH]ncc4c3)c2s1. The van der Waals surface area contributed by atoms with Crippen LogP contribution in [0.2, 0.25) is 0 Å². The van der Waals surface area contributed by atoms with Crippen molar-refractivity contribution >= 4 is 206 Å². The standard InChI is InChI=1S/C20H22N6S.C18H16N6O2S.C18H18N6S.C16H14N6S/c1-2-4-13(5-3-1)11-21-20-24-17-8-9-27-18(17)19(25-20)23-15-6-7-16-14(10-15)12-22-26-16;1-2-3-14(17(25)26)22-18-21-13-6-7-27-15(13)16(23-18)20-11-4-5-12-10(8-11)9-19-24-12;1-2-4-12(3-1)21-18-22-15-7-8-25-16(15)17(23-18)20-13-5-6-14-11(9-13)10-19-24-14;1-2-6-17-16-20-13-5-7-23-14(13)15(21-16)19-11-3-4-12-10(8-11)9-18-22-12/h6-10,12-13H,1-5,11H2,(H,22,26)(H2,21,23,24,25);2,4-9,14H,1,3H2,(H,19,24)(H,25,26)(H2,20,21,22,23);5-10,12H,1-4H2,(H,19,24)(H2,20,21,22,23);2-5,7-9H,1,6H2,(H,18,22)(H2,17,19,20,21). The largest absolute Gasteiger partial charge is 0.480 e. The smallest absolute Gasteiger partial charge is 0.326 e. The molecule has 30 heteroatoms.